The molecule has 1 aliphatic rings. The molecule has 1 aliphatic heterocycles. The summed E-state index contributed by atoms with van der Waals surface area (Å²) in [5.41, 5.74) is 1.74. The first-order chi connectivity index (χ1) is 9.78. The lowest BCUT2D eigenvalue weighted by atomic mass is 10.3. The highest BCUT2D eigenvalue weighted by molar-refractivity contribution is 5.79. The Balaban J connectivity index is 1.67. The molecule has 0 bridgehead atoms. The normalized spacial score (nSPS) is 16.8. The van der Waals surface area contributed by atoms with Crippen LogP contribution in [-0.2, 0) is 11.3 Å². The van der Waals surface area contributed by atoms with Crippen molar-refractivity contribution in [3.05, 3.63) is 24.3 Å². The maximum Gasteiger partial charge on any atom is 0.244 e. The molecule has 0 aliphatic carbocycles. The van der Waals surface area contributed by atoms with Crippen molar-refractivity contribution in [2.45, 2.75) is 13.5 Å². The Bertz CT molecular complexity index is 600. The second-order valence-electron chi connectivity index (χ2n) is 5.05. The lowest BCUT2D eigenvalue weighted by molar-refractivity contribution is -0.133. The molecule has 2 aromatic rings. The minimum atomic E-state index is 0.122. The molecule has 0 saturated carbocycles. The molecule has 0 unspecified atom stereocenters. The summed E-state index contributed by atoms with van der Waals surface area (Å²) in [5.74, 6) is 0.122. The molecule has 0 atom stereocenters. The number of hydrogen-bond donors (Lipinski definition) is 0. The fraction of sp³-hybridized carbons (Fsp3) is 0.500. The third-order valence-corrected chi connectivity index (χ3v) is 3.88. The molecule has 2 heterocycles. The molecule has 6 nitrogen and oxygen atoms in total. The van der Waals surface area contributed by atoms with E-state index >= 15 is 0 Å². The Morgan fingerprint density at radius 3 is 2.70 bits per heavy atom. The van der Waals surface area contributed by atoms with Gasteiger partial charge in [0.25, 0.3) is 0 Å². The second-order valence-corrected chi connectivity index (χ2v) is 5.05. The van der Waals surface area contributed by atoms with Gasteiger partial charge < -0.3 is 9.80 Å². The highest BCUT2D eigenvalue weighted by Crippen LogP contribution is 2.10. The number of carbonyl (C=O) groups excluding carboxylic acids is 1. The summed E-state index contributed by atoms with van der Waals surface area (Å²) in [6.45, 7) is 7.00. The Morgan fingerprint density at radius 1 is 1.20 bits per heavy atom. The van der Waals surface area contributed by atoms with Gasteiger partial charge in [-0.25, -0.2) is 4.68 Å². The van der Waals surface area contributed by atoms with Crippen LogP contribution >= 0.6 is 0 Å². The predicted octanol–water partition coefficient (Wildman–Crippen LogP) is 0.595. The number of aromatic nitrogens is 3. The van der Waals surface area contributed by atoms with Crippen LogP contribution in [0.25, 0.3) is 11.0 Å². The van der Waals surface area contributed by atoms with E-state index in [1.165, 1.54) is 0 Å². The minimum absolute atomic E-state index is 0.122. The molecule has 1 amide bonds. The predicted molar refractivity (Wildman–Crippen MR) is 76.2 cm³/mol. The van der Waals surface area contributed by atoms with Crippen LogP contribution in [0.5, 0.6) is 0 Å². The zero-order chi connectivity index (χ0) is 13.9. The van der Waals surface area contributed by atoms with Gasteiger partial charge in [-0.15, -0.1) is 5.10 Å². The van der Waals surface area contributed by atoms with Gasteiger partial charge in [0.05, 0.1) is 5.52 Å². The van der Waals surface area contributed by atoms with Crippen molar-refractivity contribution >= 4 is 16.9 Å². The molecule has 1 aromatic carbocycles. The molecule has 1 saturated heterocycles. The summed E-state index contributed by atoms with van der Waals surface area (Å²) in [5, 5.41) is 8.15. The van der Waals surface area contributed by atoms with E-state index in [1.54, 1.807) is 4.68 Å². The van der Waals surface area contributed by atoms with Gasteiger partial charge in [0, 0.05) is 26.2 Å². The van der Waals surface area contributed by atoms with Crippen molar-refractivity contribution < 1.29 is 4.79 Å². The molecule has 1 fully saturated rings. The number of nitrogens with zero attached hydrogens (tertiary/aromatic N) is 5. The van der Waals surface area contributed by atoms with E-state index in [4.69, 9.17) is 0 Å². The number of carbonyl (C=O) groups is 1. The van der Waals surface area contributed by atoms with Crippen LogP contribution in [0.3, 0.4) is 0 Å². The van der Waals surface area contributed by atoms with Gasteiger partial charge in [-0.05, 0) is 18.7 Å². The SMILES string of the molecule is CCN1CCN(C(=O)Cn2nnc3ccccc32)CC1. The van der Waals surface area contributed by atoms with Crippen LogP contribution in [0.1, 0.15) is 6.92 Å². The molecule has 106 valence electrons. The van der Waals surface area contributed by atoms with Crippen LogP contribution < -0.4 is 0 Å². The van der Waals surface area contributed by atoms with Crippen LogP contribution in [0.15, 0.2) is 24.3 Å². The number of hydrogen-bond acceptors (Lipinski definition) is 4. The Morgan fingerprint density at radius 2 is 1.95 bits per heavy atom. The number of rotatable bonds is 3. The average molecular weight is 273 g/mol. The van der Waals surface area contributed by atoms with Gasteiger partial charge in [0.2, 0.25) is 5.91 Å². The zero-order valence-electron chi connectivity index (χ0n) is 11.7. The van der Waals surface area contributed by atoms with Gasteiger partial charge in [0.15, 0.2) is 0 Å². The summed E-state index contributed by atoms with van der Waals surface area (Å²) in [7, 11) is 0. The molecular formula is C14H19N5O. The average Bonchev–Trinajstić information content (AvgIpc) is 2.91. The minimum Gasteiger partial charge on any atom is -0.339 e. The Kier molecular flexibility index (Phi) is 3.64. The van der Waals surface area contributed by atoms with Crippen molar-refractivity contribution in [1.29, 1.82) is 0 Å². The maximum atomic E-state index is 12.3. The monoisotopic (exact) mass is 273 g/mol. The van der Waals surface area contributed by atoms with Gasteiger partial charge in [-0.2, -0.15) is 0 Å². The third-order valence-electron chi connectivity index (χ3n) is 3.88. The number of fused-ring (bicyclic) bond motifs is 1. The van der Waals surface area contributed by atoms with Crippen molar-refractivity contribution in [1.82, 2.24) is 24.8 Å². The highest BCUT2D eigenvalue weighted by atomic mass is 16.2. The molecule has 3 rings (SSSR count). The van der Waals surface area contributed by atoms with Crippen molar-refractivity contribution in [3.63, 3.8) is 0 Å². The smallest absolute Gasteiger partial charge is 0.244 e. The molecule has 0 spiro atoms. The first-order valence-corrected chi connectivity index (χ1v) is 7.06. The van der Waals surface area contributed by atoms with Crippen molar-refractivity contribution in [3.8, 4) is 0 Å². The van der Waals surface area contributed by atoms with Crippen LogP contribution in [-0.4, -0.2) is 63.4 Å². The largest absolute Gasteiger partial charge is 0.339 e. The molecule has 6 heteroatoms. The standard InChI is InChI=1S/C14H19N5O/c1-2-17-7-9-18(10-8-17)14(20)11-19-13-6-4-3-5-12(13)15-16-19/h3-6H,2,7-11H2,1H3. The maximum absolute atomic E-state index is 12.3. The van der Waals surface area contributed by atoms with E-state index < -0.39 is 0 Å². The molecule has 0 radical (unpaired) electrons. The van der Waals surface area contributed by atoms with Gasteiger partial charge in [-0.3, -0.25) is 4.79 Å². The number of benzene rings is 1. The van der Waals surface area contributed by atoms with E-state index in [1.807, 2.05) is 29.2 Å². The number of piperazine rings is 1. The highest BCUT2D eigenvalue weighted by Gasteiger charge is 2.21. The molecule has 20 heavy (non-hydrogen) atoms. The van der Waals surface area contributed by atoms with E-state index in [2.05, 4.69) is 22.1 Å². The lowest BCUT2D eigenvalue weighted by Gasteiger charge is -2.34. The molecular weight excluding hydrogens is 254 g/mol. The van der Waals surface area contributed by atoms with E-state index in [0.29, 0.717) is 0 Å². The fourth-order valence-corrected chi connectivity index (χ4v) is 2.58. The van der Waals surface area contributed by atoms with Gasteiger partial charge in [-0.1, -0.05) is 24.3 Å². The summed E-state index contributed by atoms with van der Waals surface area (Å²) >= 11 is 0. The third kappa shape index (κ3) is 2.51. The van der Waals surface area contributed by atoms with Crippen molar-refractivity contribution in [2.75, 3.05) is 32.7 Å². The lowest BCUT2D eigenvalue weighted by Crippen LogP contribution is -2.49. The van der Waals surface area contributed by atoms with Gasteiger partial charge in [0.1, 0.15) is 12.1 Å². The summed E-state index contributed by atoms with van der Waals surface area (Å²) in [4.78, 5) is 16.6. The first-order valence-electron chi connectivity index (χ1n) is 7.06. The quantitative estimate of drug-likeness (QED) is 0.821. The van der Waals surface area contributed by atoms with E-state index in [0.717, 1.165) is 43.8 Å². The summed E-state index contributed by atoms with van der Waals surface area (Å²) in [6.07, 6.45) is 0. The van der Waals surface area contributed by atoms with Crippen LogP contribution in [0.4, 0.5) is 0 Å². The number of likely N-dealkylation sites (N-methyl/N-ethyl adjacent to an activating group) is 1. The number of para-hydroxylation sites is 1. The fourth-order valence-electron chi connectivity index (χ4n) is 2.58. The topological polar surface area (TPSA) is 54.3 Å². The summed E-state index contributed by atoms with van der Waals surface area (Å²) < 4.78 is 1.68. The van der Waals surface area contributed by atoms with E-state index in [-0.39, 0.29) is 12.5 Å². The molecule has 0 N–H and O–H groups in total. The Labute approximate surface area is 118 Å². The molecule has 1 aromatic heterocycles. The second kappa shape index (κ2) is 5.58. The van der Waals surface area contributed by atoms with Gasteiger partial charge >= 0.3 is 0 Å². The Hall–Kier alpha value is -1.95. The van der Waals surface area contributed by atoms with Crippen molar-refractivity contribution in [2.24, 2.45) is 0 Å². The number of amides is 1. The van der Waals surface area contributed by atoms with Crippen LogP contribution in [0, 0.1) is 0 Å². The summed E-state index contributed by atoms with van der Waals surface area (Å²) in [6, 6.07) is 7.71. The van der Waals surface area contributed by atoms with Crippen LogP contribution in [0.2, 0.25) is 0 Å². The van der Waals surface area contributed by atoms with E-state index in [9.17, 15) is 4.79 Å². The zero-order valence-corrected chi connectivity index (χ0v) is 11.7. The first kappa shape index (κ1) is 13.1.